The summed E-state index contributed by atoms with van der Waals surface area (Å²) in [5, 5.41) is 0. The van der Waals surface area contributed by atoms with E-state index in [4.69, 9.17) is 81.2 Å². The monoisotopic (exact) mass is 376 g/mol. The molecule has 0 aromatic rings. The van der Waals surface area contributed by atoms with Crippen LogP contribution in [0.1, 0.15) is 0 Å². The Morgan fingerprint density at radius 2 is 1.27 bits per heavy atom. The fraction of sp³-hybridized carbons (Fsp3) is 1.00. The van der Waals surface area contributed by atoms with Crippen LogP contribution in [0.5, 0.6) is 0 Å². The van der Waals surface area contributed by atoms with E-state index in [-0.39, 0.29) is 0 Å². The predicted molar refractivity (Wildman–Crippen MR) is 65.1 cm³/mol. The maximum atomic E-state index is 11.3. The summed E-state index contributed by atoms with van der Waals surface area (Å²) in [6.45, 7) is 0. The van der Waals surface area contributed by atoms with E-state index in [0.717, 1.165) is 7.11 Å². The van der Waals surface area contributed by atoms with Crippen molar-refractivity contribution in [2.24, 2.45) is 0 Å². The zero-order chi connectivity index (χ0) is 12.7. The van der Waals surface area contributed by atoms with Crippen LogP contribution < -0.4 is 0 Å². The van der Waals surface area contributed by atoms with Gasteiger partial charge in [-0.25, -0.2) is 0 Å². The van der Waals surface area contributed by atoms with Gasteiger partial charge in [0.15, 0.2) is 0 Å². The highest BCUT2D eigenvalue weighted by molar-refractivity contribution is 7.91. The van der Waals surface area contributed by atoms with E-state index in [2.05, 4.69) is 4.18 Å². The molecule has 0 aliphatic carbocycles. The molecule has 0 aromatic carbocycles. The Balaban J connectivity index is 5.60. The van der Waals surface area contributed by atoms with Crippen molar-refractivity contribution < 1.29 is 12.6 Å². The summed E-state index contributed by atoms with van der Waals surface area (Å²) in [7, 11) is -3.72. The summed E-state index contributed by atoms with van der Waals surface area (Å²) < 4.78 is 18.7. The molecule has 0 saturated carbocycles. The molecule has 0 bridgehead atoms. The third-order valence-corrected chi connectivity index (χ3v) is 7.50. The van der Waals surface area contributed by atoms with E-state index in [1.807, 2.05) is 0 Å². The molecule has 0 saturated heterocycles. The lowest BCUT2D eigenvalue weighted by Gasteiger charge is -2.35. The fourth-order valence-corrected chi connectivity index (χ4v) is 3.21. The second kappa shape index (κ2) is 4.90. The molecule has 0 heterocycles. The van der Waals surface area contributed by atoms with Crippen LogP contribution in [0.3, 0.4) is 0 Å². The molecule has 0 atom stereocenters. The van der Waals surface area contributed by atoms with Gasteiger partial charge in [0, 0.05) is 0 Å². The summed E-state index contributed by atoms with van der Waals surface area (Å²) in [5.74, 6) is 0. The van der Waals surface area contributed by atoms with Crippen molar-refractivity contribution in [1.82, 2.24) is 0 Å². The van der Waals surface area contributed by atoms with Gasteiger partial charge >= 0.3 is 10.1 Å². The van der Waals surface area contributed by atoms with Crippen LogP contribution in [0.25, 0.3) is 0 Å². The molecular formula is C4H3Cl7O3S. The van der Waals surface area contributed by atoms with Crippen LogP contribution in [0.4, 0.5) is 0 Å². The van der Waals surface area contributed by atoms with Gasteiger partial charge in [0.2, 0.25) is 8.13 Å². The third kappa shape index (κ3) is 3.04. The number of hydrogen-bond donors (Lipinski definition) is 0. The van der Waals surface area contributed by atoms with Gasteiger partial charge in [0.05, 0.1) is 7.11 Å². The van der Waals surface area contributed by atoms with Gasteiger partial charge < -0.3 is 0 Å². The first kappa shape index (κ1) is 16.9. The van der Waals surface area contributed by atoms with Crippen LogP contribution in [0.2, 0.25) is 0 Å². The van der Waals surface area contributed by atoms with Gasteiger partial charge in [-0.05, 0) is 0 Å². The Labute approximate surface area is 122 Å². The van der Waals surface area contributed by atoms with Crippen molar-refractivity contribution in [1.29, 1.82) is 0 Å². The zero-order valence-electron chi connectivity index (χ0n) is 6.78. The average Bonchev–Trinajstić information content (AvgIpc) is 2.01. The van der Waals surface area contributed by atoms with E-state index < -0.39 is 21.9 Å². The maximum absolute atomic E-state index is 11.3. The molecule has 0 aliphatic rings. The second-order valence-corrected chi connectivity index (χ2v) is 9.45. The zero-order valence-corrected chi connectivity index (χ0v) is 12.9. The summed E-state index contributed by atoms with van der Waals surface area (Å²) in [6, 6.07) is 0. The molecule has 11 heteroatoms. The second-order valence-electron chi connectivity index (χ2n) is 2.21. The first-order valence-corrected chi connectivity index (χ1v) is 6.99. The molecular weight excluding hydrogens is 376 g/mol. The molecule has 0 aromatic heterocycles. The summed E-state index contributed by atoms with van der Waals surface area (Å²) in [6.07, 6.45) is 0. The van der Waals surface area contributed by atoms with Crippen molar-refractivity contribution in [3.8, 4) is 0 Å². The first-order chi connectivity index (χ1) is 6.31. The van der Waals surface area contributed by atoms with Crippen molar-refractivity contribution in [3.63, 3.8) is 0 Å². The highest BCUT2D eigenvalue weighted by Gasteiger charge is 2.67. The lowest BCUT2D eigenvalue weighted by molar-refractivity contribution is 0.388. The smallest absolute Gasteiger partial charge is 0.271 e. The molecule has 0 fully saturated rings. The van der Waals surface area contributed by atoms with Crippen LogP contribution in [0, 0.1) is 0 Å². The minimum absolute atomic E-state index is 0.803. The Bertz CT molecular complexity index is 329. The van der Waals surface area contributed by atoms with Gasteiger partial charge in [-0.15, -0.1) is 0 Å². The SMILES string of the molecule is COS(=O)(=O)C(Cl)(Cl)C(Cl)(Cl)C(Cl)(Cl)Cl. The molecule has 0 radical (unpaired) electrons. The van der Waals surface area contributed by atoms with E-state index in [1.165, 1.54) is 0 Å². The van der Waals surface area contributed by atoms with E-state index >= 15 is 0 Å². The molecule has 0 spiro atoms. The molecule has 0 N–H and O–H groups in total. The van der Waals surface area contributed by atoms with Crippen molar-refractivity contribution in [2.75, 3.05) is 7.11 Å². The highest BCUT2D eigenvalue weighted by atomic mass is 35.6. The lowest BCUT2D eigenvalue weighted by Crippen LogP contribution is -2.51. The van der Waals surface area contributed by atoms with Gasteiger partial charge in [0.1, 0.15) is 0 Å². The number of hydrogen-bond acceptors (Lipinski definition) is 3. The minimum atomic E-state index is -4.52. The molecule has 0 rings (SSSR count). The van der Waals surface area contributed by atoms with Gasteiger partial charge in [-0.3, -0.25) is 4.18 Å². The Hall–Kier alpha value is 1.94. The van der Waals surface area contributed by atoms with Crippen LogP contribution in [-0.4, -0.2) is 27.3 Å². The van der Waals surface area contributed by atoms with Crippen molar-refractivity contribution in [3.05, 3.63) is 0 Å². The van der Waals surface area contributed by atoms with E-state index in [9.17, 15) is 8.42 Å². The van der Waals surface area contributed by atoms with E-state index in [1.54, 1.807) is 0 Å². The average molecular weight is 379 g/mol. The third-order valence-electron chi connectivity index (χ3n) is 1.25. The van der Waals surface area contributed by atoms with E-state index in [0.29, 0.717) is 0 Å². The molecule has 15 heavy (non-hydrogen) atoms. The Kier molecular flexibility index (Phi) is 5.54. The van der Waals surface area contributed by atoms with Crippen LogP contribution in [-0.2, 0) is 14.3 Å². The highest BCUT2D eigenvalue weighted by Crippen LogP contribution is 2.58. The normalized spacial score (nSPS) is 15.5. The molecule has 3 nitrogen and oxygen atoms in total. The number of rotatable bonds is 3. The molecule has 0 amide bonds. The lowest BCUT2D eigenvalue weighted by atomic mass is 10.5. The first-order valence-electron chi connectivity index (χ1n) is 2.94. The molecule has 92 valence electrons. The molecule has 0 unspecified atom stereocenters. The predicted octanol–water partition coefficient (Wildman–Crippen LogP) is 3.64. The fourth-order valence-electron chi connectivity index (χ4n) is 0.427. The summed E-state index contributed by atoms with van der Waals surface area (Å²) in [4.78, 5) is 0. The van der Waals surface area contributed by atoms with Crippen LogP contribution >= 0.6 is 81.2 Å². The largest absolute Gasteiger partial charge is 0.304 e. The Morgan fingerprint density at radius 3 is 1.47 bits per heavy atom. The van der Waals surface area contributed by atoms with Crippen LogP contribution in [0.15, 0.2) is 0 Å². The van der Waals surface area contributed by atoms with Gasteiger partial charge in [-0.2, -0.15) is 8.42 Å². The van der Waals surface area contributed by atoms with Gasteiger partial charge in [0.25, 0.3) is 3.67 Å². The summed E-state index contributed by atoms with van der Waals surface area (Å²) in [5.41, 5.74) is 0. The van der Waals surface area contributed by atoms with Crippen molar-refractivity contribution in [2.45, 2.75) is 11.8 Å². The number of alkyl halides is 7. The topological polar surface area (TPSA) is 43.4 Å². The van der Waals surface area contributed by atoms with Crippen molar-refractivity contribution >= 4 is 91.3 Å². The number of halogens is 7. The molecule has 0 aliphatic heterocycles. The maximum Gasteiger partial charge on any atom is 0.304 e. The Morgan fingerprint density at radius 1 is 0.933 bits per heavy atom. The quantitative estimate of drug-likeness (QED) is 0.556. The summed E-state index contributed by atoms with van der Waals surface area (Å²) >= 11 is 38.0. The standard InChI is InChI=1S/C4H3Cl7O3S/c1-14-15(12,13)4(10,11)2(5,6)3(7,8)9/h1H3. The minimum Gasteiger partial charge on any atom is -0.271 e. The van der Waals surface area contributed by atoms with Gasteiger partial charge in [-0.1, -0.05) is 81.2 Å².